The van der Waals surface area contributed by atoms with E-state index in [1.807, 2.05) is 0 Å². The van der Waals surface area contributed by atoms with E-state index in [0.717, 1.165) is 51.8 Å². The lowest BCUT2D eigenvalue weighted by Crippen LogP contribution is -2.47. The van der Waals surface area contributed by atoms with Crippen LogP contribution < -0.4 is 5.32 Å². The Hall–Kier alpha value is -1.38. The summed E-state index contributed by atoms with van der Waals surface area (Å²) in [6.45, 7) is 7.00. The van der Waals surface area contributed by atoms with Crippen molar-refractivity contribution >= 4 is 11.9 Å². The SMILES string of the molecule is COCCNC(=NCC(=O)N(C)C)N1CCC(N2CCOCC2)C1. The summed E-state index contributed by atoms with van der Waals surface area (Å²) < 4.78 is 10.5. The number of hydrogen-bond donors (Lipinski definition) is 1. The fourth-order valence-electron chi connectivity index (χ4n) is 2.99. The van der Waals surface area contributed by atoms with E-state index in [-0.39, 0.29) is 12.5 Å². The molecule has 0 aliphatic carbocycles. The summed E-state index contributed by atoms with van der Waals surface area (Å²) in [5.74, 6) is 0.808. The molecule has 1 N–H and O–H groups in total. The molecule has 0 spiro atoms. The third-order valence-corrected chi connectivity index (χ3v) is 4.48. The predicted octanol–water partition coefficient (Wildman–Crippen LogP) is -0.927. The summed E-state index contributed by atoms with van der Waals surface area (Å²) in [6.07, 6.45) is 1.12. The number of likely N-dealkylation sites (tertiary alicyclic amines) is 1. The Morgan fingerprint density at radius 3 is 2.75 bits per heavy atom. The number of guanidine groups is 1. The lowest BCUT2D eigenvalue weighted by molar-refractivity contribution is -0.127. The van der Waals surface area contributed by atoms with E-state index < -0.39 is 0 Å². The molecule has 2 rings (SSSR count). The van der Waals surface area contributed by atoms with Crippen LogP contribution in [0.4, 0.5) is 0 Å². The summed E-state index contributed by atoms with van der Waals surface area (Å²) in [5.41, 5.74) is 0. The van der Waals surface area contributed by atoms with Crippen molar-refractivity contribution in [1.82, 2.24) is 20.0 Å². The van der Waals surface area contributed by atoms with Crippen LogP contribution in [0.5, 0.6) is 0 Å². The second kappa shape index (κ2) is 9.80. The zero-order valence-corrected chi connectivity index (χ0v) is 15.2. The van der Waals surface area contributed by atoms with Gasteiger partial charge in [-0.05, 0) is 6.42 Å². The van der Waals surface area contributed by atoms with Crippen LogP contribution in [0.15, 0.2) is 4.99 Å². The standard InChI is InChI=1S/C16H31N5O3/c1-19(2)15(22)12-18-16(17-5-9-23-3)21-6-4-14(13-21)20-7-10-24-11-8-20/h14H,4-13H2,1-3H3,(H,17,18). The number of carbonyl (C=O) groups excluding carboxylic acids is 1. The molecule has 8 nitrogen and oxygen atoms in total. The van der Waals surface area contributed by atoms with E-state index in [1.165, 1.54) is 0 Å². The smallest absolute Gasteiger partial charge is 0.243 e. The summed E-state index contributed by atoms with van der Waals surface area (Å²) in [6, 6.07) is 0.535. The number of nitrogens with one attached hydrogen (secondary N) is 1. The Morgan fingerprint density at radius 2 is 2.08 bits per heavy atom. The molecule has 2 aliphatic heterocycles. The summed E-state index contributed by atoms with van der Waals surface area (Å²) >= 11 is 0. The number of likely N-dealkylation sites (N-methyl/N-ethyl adjacent to an activating group) is 1. The van der Waals surface area contributed by atoms with Gasteiger partial charge in [0.1, 0.15) is 6.54 Å². The molecule has 0 saturated carbocycles. The number of carbonyl (C=O) groups is 1. The van der Waals surface area contributed by atoms with E-state index in [1.54, 1.807) is 26.1 Å². The zero-order valence-electron chi connectivity index (χ0n) is 15.2. The molecule has 2 fully saturated rings. The monoisotopic (exact) mass is 341 g/mol. The van der Waals surface area contributed by atoms with E-state index in [9.17, 15) is 4.79 Å². The summed E-state index contributed by atoms with van der Waals surface area (Å²) in [5, 5.41) is 3.32. The minimum Gasteiger partial charge on any atom is -0.383 e. The first-order chi connectivity index (χ1) is 11.6. The maximum absolute atomic E-state index is 11.8. The highest BCUT2D eigenvalue weighted by Gasteiger charge is 2.30. The number of hydrogen-bond acceptors (Lipinski definition) is 5. The molecular weight excluding hydrogens is 310 g/mol. The zero-order chi connectivity index (χ0) is 17.4. The fraction of sp³-hybridized carbons (Fsp3) is 0.875. The number of nitrogens with zero attached hydrogens (tertiary/aromatic N) is 4. The van der Waals surface area contributed by atoms with Gasteiger partial charge in [-0.25, -0.2) is 4.99 Å². The maximum atomic E-state index is 11.8. The van der Waals surface area contributed by atoms with Crippen LogP contribution in [-0.2, 0) is 14.3 Å². The minimum absolute atomic E-state index is 0.00460. The maximum Gasteiger partial charge on any atom is 0.243 e. The van der Waals surface area contributed by atoms with Crippen LogP contribution in [0.3, 0.4) is 0 Å². The number of rotatable bonds is 6. The van der Waals surface area contributed by atoms with E-state index in [0.29, 0.717) is 19.2 Å². The third kappa shape index (κ3) is 5.61. The summed E-state index contributed by atoms with van der Waals surface area (Å²) in [7, 11) is 5.18. The van der Waals surface area contributed by atoms with Gasteiger partial charge in [-0.15, -0.1) is 0 Å². The average Bonchev–Trinajstić information content (AvgIpc) is 3.08. The summed E-state index contributed by atoms with van der Waals surface area (Å²) in [4.78, 5) is 22.7. The molecule has 0 radical (unpaired) electrons. The van der Waals surface area contributed by atoms with Crippen molar-refractivity contribution in [2.45, 2.75) is 12.5 Å². The van der Waals surface area contributed by atoms with Gasteiger partial charge < -0.3 is 24.6 Å². The number of ether oxygens (including phenoxy) is 2. The Labute approximate surface area is 144 Å². The Kier molecular flexibility index (Phi) is 7.74. The molecule has 0 bridgehead atoms. The van der Waals surface area contributed by atoms with Crippen LogP contribution in [0.1, 0.15) is 6.42 Å². The van der Waals surface area contributed by atoms with E-state index in [2.05, 4.69) is 20.1 Å². The second-order valence-electron chi connectivity index (χ2n) is 6.38. The van der Waals surface area contributed by atoms with Crippen molar-refractivity contribution < 1.29 is 14.3 Å². The molecule has 138 valence electrons. The highest BCUT2D eigenvalue weighted by atomic mass is 16.5. The fourth-order valence-corrected chi connectivity index (χ4v) is 2.99. The van der Waals surface area contributed by atoms with E-state index in [4.69, 9.17) is 9.47 Å². The Morgan fingerprint density at radius 1 is 1.33 bits per heavy atom. The van der Waals surface area contributed by atoms with Gasteiger partial charge in [0.2, 0.25) is 5.91 Å². The van der Waals surface area contributed by atoms with Crippen LogP contribution in [0.2, 0.25) is 0 Å². The topological polar surface area (TPSA) is 69.6 Å². The van der Waals surface area contributed by atoms with Crippen molar-refractivity contribution in [3.63, 3.8) is 0 Å². The Balaban J connectivity index is 1.93. The number of morpholine rings is 1. The van der Waals surface area contributed by atoms with Crippen molar-refractivity contribution in [1.29, 1.82) is 0 Å². The minimum atomic E-state index is 0.00460. The van der Waals surface area contributed by atoms with Crippen LogP contribution in [0, 0.1) is 0 Å². The lowest BCUT2D eigenvalue weighted by atomic mass is 10.2. The molecular formula is C16H31N5O3. The number of aliphatic imine (C=N–C) groups is 1. The predicted molar refractivity (Wildman–Crippen MR) is 93.2 cm³/mol. The number of amides is 1. The van der Waals surface area contributed by atoms with Gasteiger partial charge in [-0.3, -0.25) is 9.69 Å². The molecule has 1 amide bonds. The normalized spacial score (nSPS) is 22.7. The van der Waals surface area contributed by atoms with Crippen molar-refractivity contribution in [3.8, 4) is 0 Å². The highest BCUT2D eigenvalue weighted by Crippen LogP contribution is 2.17. The highest BCUT2D eigenvalue weighted by molar-refractivity contribution is 5.85. The van der Waals surface area contributed by atoms with Crippen LogP contribution in [-0.4, -0.2) is 113 Å². The average molecular weight is 341 g/mol. The van der Waals surface area contributed by atoms with Crippen LogP contribution in [0.25, 0.3) is 0 Å². The quantitative estimate of drug-likeness (QED) is 0.383. The van der Waals surface area contributed by atoms with Crippen LogP contribution >= 0.6 is 0 Å². The molecule has 2 heterocycles. The van der Waals surface area contributed by atoms with Gasteiger partial charge in [0, 0.05) is 60.0 Å². The largest absolute Gasteiger partial charge is 0.383 e. The second-order valence-corrected chi connectivity index (χ2v) is 6.38. The molecule has 1 unspecified atom stereocenters. The van der Waals surface area contributed by atoms with Gasteiger partial charge in [0.25, 0.3) is 0 Å². The molecule has 8 heteroatoms. The van der Waals surface area contributed by atoms with E-state index >= 15 is 0 Å². The third-order valence-electron chi connectivity index (χ3n) is 4.48. The first kappa shape index (κ1) is 19.0. The lowest BCUT2D eigenvalue weighted by Gasteiger charge is -2.32. The van der Waals surface area contributed by atoms with Crippen molar-refractivity contribution in [2.24, 2.45) is 4.99 Å². The molecule has 0 aromatic heterocycles. The van der Waals surface area contributed by atoms with Crippen molar-refractivity contribution in [2.75, 3.05) is 80.3 Å². The molecule has 0 aromatic rings. The van der Waals surface area contributed by atoms with Gasteiger partial charge in [-0.1, -0.05) is 0 Å². The van der Waals surface area contributed by atoms with Gasteiger partial charge >= 0.3 is 0 Å². The molecule has 24 heavy (non-hydrogen) atoms. The number of methoxy groups -OCH3 is 1. The Bertz CT molecular complexity index is 424. The first-order valence-electron chi connectivity index (χ1n) is 8.66. The van der Waals surface area contributed by atoms with Crippen molar-refractivity contribution in [3.05, 3.63) is 0 Å². The molecule has 2 aliphatic rings. The molecule has 2 saturated heterocycles. The first-order valence-corrected chi connectivity index (χ1v) is 8.66. The molecule has 1 atom stereocenters. The van der Waals surface area contributed by atoms with Gasteiger partial charge in [-0.2, -0.15) is 0 Å². The molecule has 0 aromatic carbocycles. The van der Waals surface area contributed by atoms with Gasteiger partial charge in [0.15, 0.2) is 5.96 Å². The van der Waals surface area contributed by atoms with Gasteiger partial charge in [0.05, 0.1) is 19.8 Å².